The van der Waals surface area contributed by atoms with Gasteiger partial charge in [0.15, 0.2) is 0 Å². The standard InChI is InChI=1S/C11H11FN2/c12-10-3-1-8(2-4-10)11-7-14-6-9(11)5-13/h1-4,9,11,14H,6-7H2/t9-,11-/m0/s1. The molecule has 1 saturated heterocycles. The minimum absolute atomic E-state index is 0.0143. The summed E-state index contributed by atoms with van der Waals surface area (Å²) in [5.74, 6) is -0.00530. The fourth-order valence-corrected chi connectivity index (χ4v) is 1.87. The molecule has 14 heavy (non-hydrogen) atoms. The predicted octanol–water partition coefficient (Wildman–Crippen LogP) is 1.65. The van der Waals surface area contributed by atoms with Crippen LogP contribution in [0, 0.1) is 23.1 Å². The average molecular weight is 190 g/mol. The molecule has 0 bridgehead atoms. The molecular weight excluding hydrogens is 179 g/mol. The van der Waals surface area contributed by atoms with Crippen LogP contribution in [0.3, 0.4) is 0 Å². The van der Waals surface area contributed by atoms with E-state index in [1.54, 1.807) is 12.1 Å². The zero-order valence-corrected chi connectivity index (χ0v) is 7.70. The van der Waals surface area contributed by atoms with Crippen LogP contribution in [0.5, 0.6) is 0 Å². The fraction of sp³-hybridized carbons (Fsp3) is 0.364. The number of rotatable bonds is 1. The van der Waals surface area contributed by atoms with E-state index >= 15 is 0 Å². The molecule has 1 N–H and O–H groups in total. The monoisotopic (exact) mass is 190 g/mol. The highest BCUT2D eigenvalue weighted by Crippen LogP contribution is 2.27. The quantitative estimate of drug-likeness (QED) is 0.731. The van der Waals surface area contributed by atoms with Gasteiger partial charge in [0.1, 0.15) is 5.82 Å². The van der Waals surface area contributed by atoms with Gasteiger partial charge in [-0.1, -0.05) is 12.1 Å². The molecule has 3 heteroatoms. The summed E-state index contributed by atoms with van der Waals surface area (Å²) < 4.78 is 12.7. The van der Waals surface area contributed by atoms with Crippen molar-refractivity contribution >= 4 is 0 Å². The number of benzene rings is 1. The maximum Gasteiger partial charge on any atom is 0.123 e. The minimum Gasteiger partial charge on any atom is -0.315 e. The predicted molar refractivity (Wildman–Crippen MR) is 51.1 cm³/mol. The summed E-state index contributed by atoms with van der Waals surface area (Å²) in [5, 5.41) is 12.1. The second kappa shape index (κ2) is 3.77. The lowest BCUT2D eigenvalue weighted by atomic mass is 9.90. The number of nitriles is 1. The van der Waals surface area contributed by atoms with Crippen LogP contribution in [-0.2, 0) is 0 Å². The van der Waals surface area contributed by atoms with Crippen LogP contribution in [0.4, 0.5) is 4.39 Å². The van der Waals surface area contributed by atoms with Crippen LogP contribution >= 0.6 is 0 Å². The van der Waals surface area contributed by atoms with E-state index < -0.39 is 0 Å². The lowest BCUT2D eigenvalue weighted by molar-refractivity contribution is 0.618. The highest BCUT2D eigenvalue weighted by atomic mass is 19.1. The first-order chi connectivity index (χ1) is 6.81. The van der Waals surface area contributed by atoms with Crippen molar-refractivity contribution in [3.05, 3.63) is 35.6 Å². The molecule has 2 nitrogen and oxygen atoms in total. The van der Waals surface area contributed by atoms with Crippen molar-refractivity contribution in [1.82, 2.24) is 5.32 Å². The third kappa shape index (κ3) is 1.61. The van der Waals surface area contributed by atoms with Crippen molar-refractivity contribution in [2.24, 2.45) is 5.92 Å². The second-order valence-corrected chi connectivity index (χ2v) is 3.55. The zero-order valence-electron chi connectivity index (χ0n) is 7.70. The highest BCUT2D eigenvalue weighted by molar-refractivity contribution is 5.25. The van der Waals surface area contributed by atoms with E-state index in [1.165, 1.54) is 12.1 Å². The van der Waals surface area contributed by atoms with E-state index in [9.17, 15) is 4.39 Å². The lowest BCUT2D eigenvalue weighted by Crippen LogP contribution is -2.08. The molecule has 0 radical (unpaired) electrons. The van der Waals surface area contributed by atoms with Crippen LogP contribution in [0.15, 0.2) is 24.3 Å². The molecule has 2 atom stereocenters. The van der Waals surface area contributed by atoms with Crippen molar-refractivity contribution in [2.45, 2.75) is 5.92 Å². The van der Waals surface area contributed by atoms with Gasteiger partial charge in [-0.25, -0.2) is 4.39 Å². The third-order valence-electron chi connectivity index (χ3n) is 2.68. The van der Waals surface area contributed by atoms with Gasteiger partial charge in [-0.05, 0) is 17.7 Å². The van der Waals surface area contributed by atoms with Gasteiger partial charge in [0, 0.05) is 19.0 Å². The van der Waals surface area contributed by atoms with E-state index in [0.717, 1.165) is 18.7 Å². The van der Waals surface area contributed by atoms with E-state index in [-0.39, 0.29) is 17.7 Å². The Labute approximate surface area is 82.4 Å². The van der Waals surface area contributed by atoms with Gasteiger partial charge in [0.05, 0.1) is 12.0 Å². The van der Waals surface area contributed by atoms with Gasteiger partial charge in [-0.15, -0.1) is 0 Å². The van der Waals surface area contributed by atoms with Crippen molar-refractivity contribution in [3.63, 3.8) is 0 Å². The number of nitrogens with zero attached hydrogens (tertiary/aromatic N) is 1. The van der Waals surface area contributed by atoms with Gasteiger partial charge in [0.25, 0.3) is 0 Å². The Morgan fingerprint density at radius 1 is 1.29 bits per heavy atom. The van der Waals surface area contributed by atoms with Gasteiger partial charge >= 0.3 is 0 Å². The van der Waals surface area contributed by atoms with E-state index in [2.05, 4.69) is 11.4 Å². The van der Waals surface area contributed by atoms with E-state index in [4.69, 9.17) is 5.26 Å². The van der Waals surface area contributed by atoms with Crippen molar-refractivity contribution in [2.75, 3.05) is 13.1 Å². The Morgan fingerprint density at radius 2 is 2.00 bits per heavy atom. The summed E-state index contributed by atoms with van der Waals surface area (Å²) in [7, 11) is 0. The largest absolute Gasteiger partial charge is 0.315 e. The van der Waals surface area contributed by atoms with Crippen LogP contribution in [0.1, 0.15) is 11.5 Å². The summed E-state index contributed by atoms with van der Waals surface area (Å²) in [6.45, 7) is 1.54. The number of hydrogen-bond acceptors (Lipinski definition) is 2. The summed E-state index contributed by atoms with van der Waals surface area (Å²) in [5.41, 5.74) is 1.04. The van der Waals surface area contributed by atoms with Crippen molar-refractivity contribution < 1.29 is 4.39 Å². The number of halogens is 1. The lowest BCUT2D eigenvalue weighted by Gasteiger charge is -2.11. The molecule has 1 aliphatic rings. The Balaban J connectivity index is 2.23. The van der Waals surface area contributed by atoms with Gasteiger partial charge in [-0.2, -0.15) is 5.26 Å². The smallest absolute Gasteiger partial charge is 0.123 e. The highest BCUT2D eigenvalue weighted by Gasteiger charge is 2.27. The van der Waals surface area contributed by atoms with Crippen LogP contribution in [-0.4, -0.2) is 13.1 Å². The minimum atomic E-state index is -0.229. The first-order valence-corrected chi connectivity index (χ1v) is 4.67. The molecule has 1 heterocycles. The molecule has 72 valence electrons. The Morgan fingerprint density at radius 3 is 2.64 bits per heavy atom. The molecule has 1 aromatic rings. The molecule has 0 aliphatic carbocycles. The maximum atomic E-state index is 12.7. The summed E-state index contributed by atoms with van der Waals surface area (Å²) >= 11 is 0. The maximum absolute atomic E-state index is 12.7. The van der Waals surface area contributed by atoms with Gasteiger partial charge in [0.2, 0.25) is 0 Å². The number of hydrogen-bond donors (Lipinski definition) is 1. The Bertz CT molecular complexity index is 353. The van der Waals surface area contributed by atoms with Crippen LogP contribution in [0.25, 0.3) is 0 Å². The van der Waals surface area contributed by atoms with Gasteiger partial charge < -0.3 is 5.32 Å². The number of nitrogens with one attached hydrogen (secondary N) is 1. The van der Waals surface area contributed by atoms with E-state index in [1.807, 2.05) is 0 Å². The zero-order chi connectivity index (χ0) is 9.97. The molecule has 0 amide bonds. The van der Waals surface area contributed by atoms with Crippen LogP contribution < -0.4 is 5.32 Å². The third-order valence-corrected chi connectivity index (χ3v) is 2.68. The van der Waals surface area contributed by atoms with Crippen molar-refractivity contribution in [1.29, 1.82) is 5.26 Å². The fourth-order valence-electron chi connectivity index (χ4n) is 1.87. The molecular formula is C11H11FN2. The average Bonchev–Trinajstić information content (AvgIpc) is 2.67. The molecule has 1 fully saturated rings. The topological polar surface area (TPSA) is 35.8 Å². The molecule has 0 saturated carbocycles. The first-order valence-electron chi connectivity index (χ1n) is 4.67. The Hall–Kier alpha value is -1.40. The summed E-state index contributed by atoms with van der Waals surface area (Å²) in [6, 6.07) is 8.69. The normalized spacial score (nSPS) is 26.0. The van der Waals surface area contributed by atoms with Crippen LogP contribution in [0.2, 0.25) is 0 Å². The Kier molecular flexibility index (Phi) is 2.47. The molecule has 0 unspecified atom stereocenters. The summed E-state index contributed by atoms with van der Waals surface area (Å²) in [6.07, 6.45) is 0. The first kappa shape index (κ1) is 9.17. The molecule has 2 rings (SSSR count). The SMILES string of the molecule is N#C[C@H]1CNC[C@H]1c1ccc(F)cc1. The molecule has 0 aromatic heterocycles. The molecule has 0 spiro atoms. The molecule has 1 aliphatic heterocycles. The van der Waals surface area contributed by atoms with Gasteiger partial charge in [-0.3, -0.25) is 0 Å². The molecule has 1 aromatic carbocycles. The summed E-state index contributed by atoms with van der Waals surface area (Å²) in [4.78, 5) is 0. The van der Waals surface area contributed by atoms with Crippen molar-refractivity contribution in [3.8, 4) is 6.07 Å². The van der Waals surface area contributed by atoms with E-state index in [0.29, 0.717) is 0 Å². The second-order valence-electron chi connectivity index (χ2n) is 3.55.